The minimum Gasteiger partial charge on any atom is -0.309 e. The molecule has 0 radical (unpaired) electrons. The largest absolute Gasteiger partial charge is 0.309 e. The lowest BCUT2D eigenvalue weighted by molar-refractivity contribution is 1.18. The molecule has 8 aromatic rings. The monoisotopic (exact) mass is 602 g/mol. The van der Waals surface area contributed by atoms with Gasteiger partial charge in [-0.1, -0.05) is 158 Å². The van der Waals surface area contributed by atoms with Crippen LogP contribution < -0.4 is 20.7 Å². The average Bonchev–Trinajstić information content (AvgIpc) is 3.47. The van der Waals surface area contributed by atoms with Crippen LogP contribution in [0.2, 0.25) is 0 Å². The number of hydrogen-bond donors (Lipinski definition) is 0. The molecule has 0 aliphatic carbocycles. The Hall–Kier alpha value is -5.95. The van der Waals surface area contributed by atoms with E-state index < -0.39 is 8.07 Å². The van der Waals surface area contributed by atoms with Crippen molar-refractivity contribution in [1.82, 2.24) is 4.57 Å². The highest BCUT2D eigenvalue weighted by Crippen LogP contribution is 2.37. The highest BCUT2D eigenvalue weighted by atomic mass is 28.3. The van der Waals surface area contributed by atoms with E-state index in [0.717, 1.165) is 27.8 Å². The van der Waals surface area contributed by atoms with E-state index in [9.17, 15) is 5.26 Å². The van der Waals surface area contributed by atoms with Crippen molar-refractivity contribution < 1.29 is 0 Å². The summed E-state index contributed by atoms with van der Waals surface area (Å²) in [5.41, 5.74) is 6.05. The van der Waals surface area contributed by atoms with E-state index in [1.807, 2.05) is 6.07 Å². The number of hydrogen-bond acceptors (Lipinski definition) is 1. The molecule has 0 saturated heterocycles. The van der Waals surface area contributed by atoms with E-state index in [2.05, 4.69) is 187 Å². The zero-order valence-corrected chi connectivity index (χ0v) is 26.2. The Morgan fingerprint density at radius 2 is 0.891 bits per heavy atom. The maximum Gasteiger partial charge on any atom is 0.180 e. The molecule has 3 heteroatoms. The van der Waals surface area contributed by atoms with Crippen molar-refractivity contribution in [2.75, 3.05) is 0 Å². The van der Waals surface area contributed by atoms with E-state index in [4.69, 9.17) is 0 Å². The first-order chi connectivity index (χ1) is 22.8. The molecule has 8 rings (SSSR count). The van der Waals surface area contributed by atoms with Gasteiger partial charge >= 0.3 is 0 Å². The molecule has 0 saturated carbocycles. The Balaban J connectivity index is 1.54. The first kappa shape index (κ1) is 27.6. The zero-order chi connectivity index (χ0) is 30.9. The summed E-state index contributed by atoms with van der Waals surface area (Å²) in [6, 6.07) is 67.5. The molecule has 0 bridgehead atoms. The first-order valence-electron chi connectivity index (χ1n) is 15.6. The molecule has 0 atom stereocenters. The highest BCUT2D eigenvalue weighted by molar-refractivity contribution is 7.20. The lowest BCUT2D eigenvalue weighted by Gasteiger charge is -2.36. The Morgan fingerprint density at radius 3 is 1.41 bits per heavy atom. The molecule has 2 nitrogen and oxygen atoms in total. The molecule has 1 heterocycles. The minimum absolute atomic E-state index is 0.672. The molecule has 46 heavy (non-hydrogen) atoms. The summed E-state index contributed by atoms with van der Waals surface area (Å²) >= 11 is 0. The van der Waals surface area contributed by atoms with Crippen LogP contribution in [0.3, 0.4) is 0 Å². The summed E-state index contributed by atoms with van der Waals surface area (Å²) in [4.78, 5) is 0. The lowest BCUT2D eigenvalue weighted by Crippen LogP contribution is -2.75. The van der Waals surface area contributed by atoms with Crippen molar-refractivity contribution in [3.05, 3.63) is 188 Å². The smallest absolute Gasteiger partial charge is 0.180 e. The lowest BCUT2D eigenvalue weighted by atomic mass is 9.98. The number of nitriles is 1. The van der Waals surface area contributed by atoms with Crippen molar-refractivity contribution in [2.45, 2.75) is 0 Å². The van der Waals surface area contributed by atoms with Crippen LogP contribution in [0.1, 0.15) is 5.56 Å². The maximum atomic E-state index is 10.8. The first-order valence-corrected chi connectivity index (χ1v) is 17.6. The van der Waals surface area contributed by atoms with Gasteiger partial charge in [0.15, 0.2) is 8.07 Å². The molecule has 0 fully saturated rings. The number of aromatic nitrogens is 1. The molecule has 0 amide bonds. The topological polar surface area (TPSA) is 28.7 Å². The van der Waals surface area contributed by atoms with Gasteiger partial charge in [-0.15, -0.1) is 0 Å². The molecular weight excluding hydrogens is 573 g/mol. The summed E-state index contributed by atoms with van der Waals surface area (Å²) < 4.78 is 2.37. The van der Waals surface area contributed by atoms with Crippen molar-refractivity contribution in [1.29, 1.82) is 5.26 Å². The maximum absolute atomic E-state index is 10.8. The van der Waals surface area contributed by atoms with E-state index in [1.165, 1.54) is 31.5 Å². The van der Waals surface area contributed by atoms with Crippen LogP contribution in [-0.4, -0.2) is 12.6 Å². The number of nitrogens with zero attached hydrogens (tertiary/aromatic N) is 2. The van der Waals surface area contributed by atoms with Crippen molar-refractivity contribution in [3.8, 4) is 22.9 Å². The third-order valence-electron chi connectivity index (χ3n) is 9.20. The van der Waals surface area contributed by atoms with Crippen LogP contribution in [0.5, 0.6) is 0 Å². The molecule has 216 valence electrons. The van der Waals surface area contributed by atoms with Crippen LogP contribution in [0.25, 0.3) is 38.6 Å². The second-order valence-electron chi connectivity index (χ2n) is 11.6. The van der Waals surface area contributed by atoms with E-state index in [-0.39, 0.29) is 0 Å². The number of benzene rings is 7. The zero-order valence-electron chi connectivity index (χ0n) is 25.2. The third-order valence-corrected chi connectivity index (χ3v) is 14.0. The molecule has 0 N–H and O–H groups in total. The summed E-state index contributed by atoms with van der Waals surface area (Å²) in [7, 11) is -2.95. The van der Waals surface area contributed by atoms with E-state index in [1.54, 1.807) is 0 Å². The van der Waals surface area contributed by atoms with Crippen LogP contribution in [0.4, 0.5) is 0 Å². The highest BCUT2D eigenvalue weighted by Gasteiger charge is 2.43. The van der Waals surface area contributed by atoms with Crippen LogP contribution >= 0.6 is 0 Å². The quantitative estimate of drug-likeness (QED) is 0.142. The van der Waals surface area contributed by atoms with Crippen molar-refractivity contribution >= 4 is 50.6 Å². The molecule has 0 aliphatic rings. The Morgan fingerprint density at radius 1 is 0.435 bits per heavy atom. The third kappa shape index (κ3) is 4.23. The van der Waals surface area contributed by atoms with Crippen LogP contribution in [0, 0.1) is 11.3 Å². The van der Waals surface area contributed by atoms with Gasteiger partial charge in [-0.2, -0.15) is 5.26 Å². The number of rotatable bonds is 6. The summed E-state index contributed by atoms with van der Waals surface area (Å²) in [5.74, 6) is 0. The second kappa shape index (κ2) is 11.5. The van der Waals surface area contributed by atoms with Crippen LogP contribution in [0.15, 0.2) is 182 Å². The van der Waals surface area contributed by atoms with E-state index >= 15 is 0 Å². The van der Waals surface area contributed by atoms with Gasteiger partial charge in [-0.3, -0.25) is 0 Å². The normalized spacial score (nSPS) is 11.5. The summed E-state index contributed by atoms with van der Waals surface area (Å²) in [6.45, 7) is 0. The molecule has 0 aliphatic heterocycles. The SMILES string of the molecule is N#Cc1cccc([Si](c2ccccc2)(c2ccccc2)c2ccccc2)c1-c1ccccc1-n1c2ccccc2c2ccccc21. The fourth-order valence-electron chi connectivity index (χ4n) is 7.34. The fraction of sp³-hybridized carbons (Fsp3) is 0. The van der Waals surface area contributed by atoms with Gasteiger partial charge in [0.1, 0.15) is 0 Å². The molecule has 7 aromatic carbocycles. The molecule has 0 spiro atoms. The summed E-state index contributed by atoms with van der Waals surface area (Å²) in [5, 5.41) is 18.3. The second-order valence-corrected chi connectivity index (χ2v) is 15.3. The van der Waals surface area contributed by atoms with E-state index in [0.29, 0.717) is 5.56 Å². The van der Waals surface area contributed by atoms with Gasteiger partial charge < -0.3 is 4.57 Å². The number of para-hydroxylation sites is 3. The standard InChI is InChI=1S/C43H30N2Si/c44-31-32-17-16-30-42(46(33-18-4-1-5-19-33,34-20-6-2-7-21-34)35-22-8-3-9-23-35)43(32)38-26-12-15-29-41(38)45-39-27-13-10-24-36(39)37-25-11-14-28-40(37)45/h1-30H. The van der Waals surface area contributed by atoms with Gasteiger partial charge in [0.25, 0.3) is 0 Å². The molecular formula is C43H30N2Si. The van der Waals surface area contributed by atoms with Crippen molar-refractivity contribution in [2.24, 2.45) is 0 Å². The van der Waals surface area contributed by atoms with Gasteiger partial charge in [0.05, 0.1) is 28.4 Å². The molecule has 0 unspecified atom stereocenters. The predicted molar refractivity (Wildman–Crippen MR) is 195 cm³/mol. The van der Waals surface area contributed by atoms with Gasteiger partial charge in [0, 0.05) is 21.9 Å². The Labute approximate surface area is 270 Å². The fourth-order valence-corrected chi connectivity index (χ4v) is 12.3. The van der Waals surface area contributed by atoms with Crippen LogP contribution in [-0.2, 0) is 0 Å². The minimum atomic E-state index is -2.95. The predicted octanol–water partition coefficient (Wildman–Crippen LogP) is 7.70. The Kier molecular flexibility index (Phi) is 6.91. The van der Waals surface area contributed by atoms with Gasteiger partial charge in [-0.25, -0.2) is 0 Å². The average molecular weight is 603 g/mol. The number of fused-ring (bicyclic) bond motifs is 3. The van der Waals surface area contributed by atoms with Gasteiger partial charge in [0.2, 0.25) is 0 Å². The Bertz CT molecular complexity index is 2220. The summed E-state index contributed by atoms with van der Waals surface area (Å²) in [6.07, 6.45) is 0. The molecule has 1 aromatic heterocycles. The van der Waals surface area contributed by atoms with Gasteiger partial charge in [-0.05, 0) is 45.0 Å². The van der Waals surface area contributed by atoms with Crippen molar-refractivity contribution in [3.63, 3.8) is 0 Å².